The highest BCUT2D eigenvalue weighted by Gasteiger charge is 2.29. The van der Waals surface area contributed by atoms with E-state index in [0.717, 1.165) is 18.8 Å². The maximum atomic E-state index is 9.70. The number of benzene rings is 1. The lowest BCUT2D eigenvalue weighted by Crippen LogP contribution is -2.34. The van der Waals surface area contributed by atoms with Crippen LogP contribution >= 0.6 is 0 Å². The molecule has 1 aromatic heterocycles. The summed E-state index contributed by atoms with van der Waals surface area (Å²) in [5.41, 5.74) is 2.12. The van der Waals surface area contributed by atoms with E-state index in [-0.39, 0.29) is 17.9 Å². The molecule has 0 saturated heterocycles. The van der Waals surface area contributed by atoms with Crippen LogP contribution in [0.2, 0.25) is 0 Å². The molecule has 112 valence electrons. The van der Waals surface area contributed by atoms with Crippen LogP contribution in [0.4, 0.5) is 0 Å². The van der Waals surface area contributed by atoms with Gasteiger partial charge in [-0.1, -0.05) is 50.2 Å². The number of aromatic nitrogens is 1. The molecule has 0 aliphatic heterocycles. The Morgan fingerprint density at radius 1 is 1.10 bits per heavy atom. The van der Waals surface area contributed by atoms with Gasteiger partial charge < -0.3 is 10.4 Å². The molecule has 0 bridgehead atoms. The van der Waals surface area contributed by atoms with Crippen LogP contribution in [0.1, 0.15) is 31.0 Å². The van der Waals surface area contributed by atoms with Crippen LogP contribution in [0.3, 0.4) is 0 Å². The number of aliphatic hydroxyl groups is 1. The number of aliphatic hydroxyl groups excluding tert-OH is 1. The zero-order chi connectivity index (χ0) is 15.1. The summed E-state index contributed by atoms with van der Waals surface area (Å²) in [6.07, 6.45) is 1.81. The molecule has 3 nitrogen and oxygen atoms in total. The van der Waals surface area contributed by atoms with Crippen molar-refractivity contribution in [3.8, 4) is 0 Å². The number of hydrogen-bond donors (Lipinski definition) is 2. The monoisotopic (exact) mass is 284 g/mol. The molecule has 0 radical (unpaired) electrons. The van der Waals surface area contributed by atoms with Crippen molar-refractivity contribution >= 4 is 0 Å². The van der Waals surface area contributed by atoms with Crippen molar-refractivity contribution < 1.29 is 5.11 Å². The van der Waals surface area contributed by atoms with Gasteiger partial charge in [-0.05, 0) is 23.1 Å². The minimum Gasteiger partial charge on any atom is -0.396 e. The van der Waals surface area contributed by atoms with Crippen LogP contribution in [-0.2, 0) is 6.54 Å². The van der Waals surface area contributed by atoms with Gasteiger partial charge in [-0.2, -0.15) is 0 Å². The van der Waals surface area contributed by atoms with Crippen LogP contribution in [0.15, 0.2) is 54.7 Å². The molecule has 0 fully saturated rings. The molecule has 2 aromatic rings. The van der Waals surface area contributed by atoms with Crippen LogP contribution in [0.25, 0.3) is 0 Å². The second-order valence-electron chi connectivity index (χ2n) is 6.06. The smallest absolute Gasteiger partial charge is 0.0541 e. The summed E-state index contributed by atoms with van der Waals surface area (Å²) < 4.78 is 0. The highest BCUT2D eigenvalue weighted by molar-refractivity contribution is 5.22. The van der Waals surface area contributed by atoms with Crippen LogP contribution in [-0.4, -0.2) is 23.2 Å². The Morgan fingerprint density at radius 3 is 2.43 bits per heavy atom. The molecule has 1 heterocycles. The summed E-state index contributed by atoms with van der Waals surface area (Å²) >= 11 is 0. The van der Waals surface area contributed by atoms with Crippen molar-refractivity contribution in [1.82, 2.24) is 10.3 Å². The fraction of sp³-hybridized carbons (Fsp3) is 0.389. The lowest BCUT2D eigenvalue weighted by molar-refractivity contribution is 0.129. The maximum absolute atomic E-state index is 9.70. The third-order valence-corrected chi connectivity index (χ3v) is 3.93. The van der Waals surface area contributed by atoms with Crippen molar-refractivity contribution in [3.63, 3.8) is 0 Å². The molecule has 3 heteroatoms. The van der Waals surface area contributed by atoms with E-state index in [9.17, 15) is 5.11 Å². The van der Waals surface area contributed by atoms with Gasteiger partial charge in [0.1, 0.15) is 0 Å². The number of rotatable bonds is 7. The lowest BCUT2D eigenvalue weighted by atomic mass is 9.75. The van der Waals surface area contributed by atoms with Gasteiger partial charge in [-0.15, -0.1) is 0 Å². The summed E-state index contributed by atoms with van der Waals surface area (Å²) in [5, 5.41) is 13.2. The highest BCUT2D eigenvalue weighted by atomic mass is 16.3. The van der Waals surface area contributed by atoms with Crippen molar-refractivity contribution in [2.75, 3.05) is 13.2 Å². The fourth-order valence-corrected chi connectivity index (χ4v) is 2.49. The standard InChI is InChI=1S/C18H24N2O/c1-18(2,14-21)17(15-8-4-3-5-9-15)13-19-12-16-10-6-7-11-20-16/h3-11,17,19,21H,12-14H2,1-2H3/t17-/m0/s1. The molecule has 0 unspecified atom stereocenters. The first-order valence-corrected chi connectivity index (χ1v) is 7.40. The predicted octanol–water partition coefficient (Wildman–Crippen LogP) is 2.97. The van der Waals surface area contributed by atoms with Crippen molar-refractivity contribution in [3.05, 3.63) is 66.0 Å². The summed E-state index contributed by atoms with van der Waals surface area (Å²) in [7, 11) is 0. The molecular formula is C18H24N2O. The van der Waals surface area contributed by atoms with Gasteiger partial charge in [0.05, 0.1) is 5.69 Å². The second kappa shape index (κ2) is 7.34. The number of nitrogens with zero attached hydrogens (tertiary/aromatic N) is 1. The van der Waals surface area contributed by atoms with E-state index in [4.69, 9.17) is 0 Å². The van der Waals surface area contributed by atoms with E-state index in [1.165, 1.54) is 5.56 Å². The van der Waals surface area contributed by atoms with Crippen LogP contribution < -0.4 is 5.32 Å². The van der Waals surface area contributed by atoms with Gasteiger partial charge in [0.25, 0.3) is 0 Å². The zero-order valence-electron chi connectivity index (χ0n) is 12.8. The average Bonchev–Trinajstić information content (AvgIpc) is 2.53. The molecule has 0 saturated carbocycles. The summed E-state index contributed by atoms with van der Waals surface area (Å²) in [5.74, 6) is 0.257. The van der Waals surface area contributed by atoms with E-state index in [1.807, 2.05) is 30.5 Å². The molecule has 0 amide bonds. The average molecular weight is 284 g/mol. The van der Waals surface area contributed by atoms with Crippen LogP contribution in [0.5, 0.6) is 0 Å². The molecule has 21 heavy (non-hydrogen) atoms. The van der Waals surface area contributed by atoms with E-state index in [2.05, 4.69) is 48.4 Å². The first-order chi connectivity index (χ1) is 10.1. The topological polar surface area (TPSA) is 45.1 Å². The molecule has 2 rings (SSSR count). The quantitative estimate of drug-likeness (QED) is 0.821. The molecule has 0 aliphatic rings. The summed E-state index contributed by atoms with van der Waals surface area (Å²) in [6, 6.07) is 16.3. The van der Waals surface area contributed by atoms with Gasteiger partial charge >= 0.3 is 0 Å². The first-order valence-electron chi connectivity index (χ1n) is 7.40. The Labute approximate surface area is 127 Å². The normalized spacial score (nSPS) is 13.1. The maximum Gasteiger partial charge on any atom is 0.0541 e. The number of hydrogen-bond acceptors (Lipinski definition) is 3. The Balaban J connectivity index is 2.03. The zero-order valence-corrected chi connectivity index (χ0v) is 12.8. The predicted molar refractivity (Wildman–Crippen MR) is 86.0 cm³/mol. The van der Waals surface area contributed by atoms with Gasteiger partial charge in [0.2, 0.25) is 0 Å². The van der Waals surface area contributed by atoms with Crippen molar-refractivity contribution in [2.24, 2.45) is 5.41 Å². The number of nitrogens with one attached hydrogen (secondary N) is 1. The molecule has 0 aliphatic carbocycles. The summed E-state index contributed by atoms with van der Waals surface area (Å²) in [6.45, 7) is 5.93. The Hall–Kier alpha value is -1.71. The molecule has 1 aromatic carbocycles. The largest absolute Gasteiger partial charge is 0.396 e. The van der Waals surface area contributed by atoms with Crippen molar-refractivity contribution in [1.29, 1.82) is 0 Å². The van der Waals surface area contributed by atoms with Gasteiger partial charge in [0, 0.05) is 31.8 Å². The summed E-state index contributed by atoms with van der Waals surface area (Å²) in [4.78, 5) is 4.32. The third-order valence-electron chi connectivity index (χ3n) is 3.93. The Bertz CT molecular complexity index is 525. The van der Waals surface area contributed by atoms with E-state index >= 15 is 0 Å². The van der Waals surface area contributed by atoms with E-state index < -0.39 is 0 Å². The van der Waals surface area contributed by atoms with E-state index in [0.29, 0.717) is 0 Å². The molecule has 2 N–H and O–H groups in total. The highest BCUT2D eigenvalue weighted by Crippen LogP contribution is 2.34. The van der Waals surface area contributed by atoms with Gasteiger partial charge in [-0.25, -0.2) is 0 Å². The molecule has 1 atom stereocenters. The van der Waals surface area contributed by atoms with E-state index in [1.54, 1.807) is 0 Å². The first kappa shape index (κ1) is 15.7. The third kappa shape index (κ3) is 4.38. The van der Waals surface area contributed by atoms with Gasteiger partial charge in [0.15, 0.2) is 0 Å². The SMILES string of the molecule is CC(C)(CO)[C@@H](CNCc1ccccn1)c1ccccc1. The second-order valence-corrected chi connectivity index (χ2v) is 6.06. The fourth-order valence-electron chi connectivity index (χ4n) is 2.49. The Morgan fingerprint density at radius 2 is 1.81 bits per heavy atom. The lowest BCUT2D eigenvalue weighted by Gasteiger charge is -2.33. The molecule has 0 spiro atoms. The van der Waals surface area contributed by atoms with Crippen LogP contribution in [0, 0.1) is 5.41 Å². The number of pyridine rings is 1. The Kier molecular flexibility index (Phi) is 5.48. The minimum atomic E-state index is -0.168. The van der Waals surface area contributed by atoms with Gasteiger partial charge in [-0.3, -0.25) is 4.98 Å². The van der Waals surface area contributed by atoms with Crippen molar-refractivity contribution in [2.45, 2.75) is 26.3 Å². The molecular weight excluding hydrogens is 260 g/mol. The minimum absolute atomic E-state index is 0.165.